The van der Waals surface area contributed by atoms with Crippen LogP contribution in [-0.2, 0) is 15.3 Å². The number of nitrogens with zero attached hydrogens (tertiary/aromatic N) is 1. The van der Waals surface area contributed by atoms with Crippen molar-refractivity contribution >= 4 is 20.1 Å². The van der Waals surface area contributed by atoms with Gasteiger partial charge in [0, 0.05) is 31.1 Å². The predicted molar refractivity (Wildman–Crippen MR) is 151 cm³/mol. The Kier molecular flexibility index (Phi) is 10.8. The summed E-state index contributed by atoms with van der Waals surface area (Å²) in [4.78, 5) is 4.37. The lowest BCUT2D eigenvalue weighted by Crippen LogP contribution is -2.26. The Morgan fingerprint density at radius 1 is 1.03 bits per heavy atom. The van der Waals surface area contributed by atoms with E-state index in [0.29, 0.717) is 8.58 Å². The van der Waals surface area contributed by atoms with Gasteiger partial charge in [-0.1, -0.05) is 92.3 Å². The van der Waals surface area contributed by atoms with E-state index in [1.165, 1.54) is 52.4 Å². The molecule has 0 heterocycles. The summed E-state index contributed by atoms with van der Waals surface area (Å²) in [5.74, 6) is 0.999. The zero-order valence-electron chi connectivity index (χ0n) is 23.0. The van der Waals surface area contributed by atoms with Crippen molar-refractivity contribution < 1.29 is 9.47 Å². The van der Waals surface area contributed by atoms with Crippen LogP contribution in [-0.4, -0.2) is 27.2 Å². The number of hydrogen-bond acceptors (Lipinski definition) is 3. The Labute approximate surface area is 210 Å². The quantitative estimate of drug-likeness (QED) is 0.133. The Hall–Kier alpha value is -1.70. The molecule has 188 valence electrons. The van der Waals surface area contributed by atoms with Crippen LogP contribution in [0, 0.1) is 13.8 Å². The smallest absolute Gasteiger partial charge is 0.188 e. The van der Waals surface area contributed by atoms with Gasteiger partial charge in [0.15, 0.2) is 6.79 Å². The minimum Gasteiger partial charge on any atom is -0.467 e. The average molecular weight is 484 g/mol. The molecule has 4 heteroatoms. The van der Waals surface area contributed by atoms with Gasteiger partial charge in [-0.25, -0.2) is 0 Å². The van der Waals surface area contributed by atoms with Crippen molar-refractivity contribution in [3.05, 3.63) is 58.1 Å². The SMILES string of the molecule is CCCCCC(CC)(Pc1ccc(C)cc1C=NC)c1cc(C(C)(C)C)cc(C)c1OCOC. The zero-order valence-corrected chi connectivity index (χ0v) is 24.0. The number of aliphatic imine (C=N–C) groups is 1. The number of ether oxygens (including phenoxy) is 2. The first-order valence-electron chi connectivity index (χ1n) is 12.7. The van der Waals surface area contributed by atoms with E-state index in [2.05, 4.69) is 83.8 Å². The predicted octanol–water partition coefficient (Wildman–Crippen LogP) is 7.82. The molecule has 0 aromatic heterocycles. The topological polar surface area (TPSA) is 30.8 Å². The molecule has 2 rings (SSSR count). The number of unbranched alkanes of at least 4 members (excludes halogenated alkanes) is 2. The molecule has 2 aromatic rings. The molecule has 34 heavy (non-hydrogen) atoms. The average Bonchev–Trinajstić information content (AvgIpc) is 2.78. The van der Waals surface area contributed by atoms with Gasteiger partial charge in [0.2, 0.25) is 0 Å². The fourth-order valence-electron chi connectivity index (χ4n) is 4.57. The molecular formula is C30H46NO2P. The van der Waals surface area contributed by atoms with Gasteiger partial charge in [-0.05, 0) is 60.2 Å². The highest BCUT2D eigenvalue weighted by atomic mass is 31.1. The summed E-state index contributed by atoms with van der Waals surface area (Å²) in [5.41, 5.74) is 6.46. The second-order valence-corrected chi connectivity index (χ2v) is 12.2. The first kappa shape index (κ1) is 28.5. The molecule has 2 atom stereocenters. The molecule has 0 aliphatic rings. The molecule has 0 spiro atoms. The van der Waals surface area contributed by atoms with Gasteiger partial charge < -0.3 is 9.47 Å². The van der Waals surface area contributed by atoms with E-state index in [9.17, 15) is 0 Å². The normalized spacial score (nSPS) is 14.3. The van der Waals surface area contributed by atoms with Crippen LogP contribution in [0.4, 0.5) is 0 Å². The lowest BCUT2D eigenvalue weighted by Gasteiger charge is -2.37. The van der Waals surface area contributed by atoms with Crippen LogP contribution in [0.3, 0.4) is 0 Å². The molecule has 2 unspecified atom stereocenters. The van der Waals surface area contributed by atoms with Crippen molar-refractivity contribution in [1.29, 1.82) is 0 Å². The molecular weight excluding hydrogens is 437 g/mol. The first-order valence-corrected chi connectivity index (χ1v) is 13.7. The Bertz CT molecular complexity index is 961. The third-order valence-electron chi connectivity index (χ3n) is 6.64. The van der Waals surface area contributed by atoms with Crippen molar-refractivity contribution in [3.63, 3.8) is 0 Å². The highest BCUT2D eigenvalue weighted by molar-refractivity contribution is 7.48. The Balaban J connectivity index is 2.78. The van der Waals surface area contributed by atoms with Crippen LogP contribution in [0.5, 0.6) is 5.75 Å². The summed E-state index contributed by atoms with van der Waals surface area (Å²) in [6, 6.07) is 11.5. The molecule has 0 radical (unpaired) electrons. The van der Waals surface area contributed by atoms with E-state index in [-0.39, 0.29) is 17.4 Å². The van der Waals surface area contributed by atoms with Crippen molar-refractivity contribution in [2.24, 2.45) is 4.99 Å². The third-order valence-corrected chi connectivity index (χ3v) is 8.71. The Morgan fingerprint density at radius 3 is 2.35 bits per heavy atom. The summed E-state index contributed by atoms with van der Waals surface area (Å²) in [6.45, 7) is 16.1. The van der Waals surface area contributed by atoms with Gasteiger partial charge in [-0.15, -0.1) is 0 Å². The lowest BCUT2D eigenvalue weighted by molar-refractivity contribution is 0.0493. The van der Waals surface area contributed by atoms with E-state index >= 15 is 0 Å². The molecule has 3 nitrogen and oxygen atoms in total. The monoisotopic (exact) mass is 483 g/mol. The van der Waals surface area contributed by atoms with Crippen LogP contribution >= 0.6 is 8.58 Å². The van der Waals surface area contributed by atoms with Crippen molar-refractivity contribution in [3.8, 4) is 5.75 Å². The largest absolute Gasteiger partial charge is 0.467 e. The van der Waals surface area contributed by atoms with Crippen LogP contribution in [0.25, 0.3) is 0 Å². The van der Waals surface area contributed by atoms with Crippen molar-refractivity contribution in [2.45, 2.75) is 91.1 Å². The van der Waals surface area contributed by atoms with Gasteiger partial charge >= 0.3 is 0 Å². The van der Waals surface area contributed by atoms with Crippen LogP contribution < -0.4 is 10.0 Å². The fourth-order valence-corrected chi connectivity index (χ4v) is 6.33. The van der Waals surface area contributed by atoms with E-state index in [1.807, 2.05) is 13.3 Å². The Morgan fingerprint density at radius 2 is 1.76 bits per heavy atom. The van der Waals surface area contributed by atoms with Crippen molar-refractivity contribution in [2.75, 3.05) is 21.0 Å². The summed E-state index contributed by atoms with van der Waals surface area (Å²) >= 11 is 0. The zero-order chi connectivity index (χ0) is 25.4. The highest BCUT2D eigenvalue weighted by Crippen LogP contribution is 2.53. The van der Waals surface area contributed by atoms with Gasteiger partial charge in [0.25, 0.3) is 0 Å². The van der Waals surface area contributed by atoms with E-state index in [1.54, 1.807) is 7.11 Å². The summed E-state index contributed by atoms with van der Waals surface area (Å²) < 4.78 is 11.6. The van der Waals surface area contributed by atoms with Crippen LogP contribution in [0.1, 0.15) is 94.5 Å². The number of rotatable bonds is 12. The second kappa shape index (κ2) is 12.8. The molecule has 0 N–H and O–H groups in total. The molecule has 0 aliphatic carbocycles. The summed E-state index contributed by atoms with van der Waals surface area (Å²) in [6.07, 6.45) is 7.89. The highest BCUT2D eigenvalue weighted by Gasteiger charge is 2.36. The van der Waals surface area contributed by atoms with Crippen LogP contribution in [0.2, 0.25) is 0 Å². The number of methoxy groups -OCH3 is 1. The number of aryl methyl sites for hydroxylation is 2. The maximum Gasteiger partial charge on any atom is 0.188 e. The van der Waals surface area contributed by atoms with E-state index in [0.717, 1.165) is 18.6 Å². The molecule has 0 amide bonds. The molecule has 2 aromatic carbocycles. The van der Waals surface area contributed by atoms with E-state index < -0.39 is 0 Å². The van der Waals surface area contributed by atoms with Gasteiger partial charge in [-0.3, -0.25) is 4.99 Å². The second-order valence-electron chi connectivity index (χ2n) is 10.5. The maximum atomic E-state index is 6.29. The lowest BCUT2D eigenvalue weighted by atomic mass is 9.80. The first-order chi connectivity index (χ1) is 16.1. The number of hydrogen-bond donors (Lipinski definition) is 0. The standard InChI is InChI=1S/C30H46NO2P/c1-10-12-13-16-30(11-2,34-27-15-14-22(3)17-24(27)20-31-8)26-19-25(29(5,6)7)18-23(4)28(26)33-21-32-9/h14-15,17-20,34H,10-13,16,21H2,1-9H3. The van der Waals surface area contributed by atoms with Gasteiger partial charge in [-0.2, -0.15) is 0 Å². The molecule has 0 aliphatic heterocycles. The molecule has 0 fully saturated rings. The summed E-state index contributed by atoms with van der Waals surface area (Å²) in [5, 5.41) is 1.38. The maximum absolute atomic E-state index is 6.29. The van der Waals surface area contributed by atoms with Gasteiger partial charge in [0.05, 0.1) is 0 Å². The summed E-state index contributed by atoms with van der Waals surface area (Å²) in [7, 11) is 4.17. The third kappa shape index (κ3) is 7.15. The minimum absolute atomic E-state index is 0.00411. The van der Waals surface area contributed by atoms with Crippen LogP contribution in [0.15, 0.2) is 35.3 Å². The molecule has 0 saturated carbocycles. The molecule has 0 saturated heterocycles. The number of benzene rings is 2. The van der Waals surface area contributed by atoms with Gasteiger partial charge in [0.1, 0.15) is 5.75 Å². The van der Waals surface area contributed by atoms with Crippen molar-refractivity contribution in [1.82, 2.24) is 0 Å². The fraction of sp³-hybridized carbons (Fsp3) is 0.567. The molecule has 0 bridgehead atoms. The van der Waals surface area contributed by atoms with E-state index in [4.69, 9.17) is 9.47 Å². The minimum atomic E-state index is -0.00411.